The predicted molar refractivity (Wildman–Crippen MR) is 75.8 cm³/mol. The minimum Gasteiger partial charge on any atom is -0.369 e. The Morgan fingerprint density at radius 3 is 2.85 bits per heavy atom. The highest BCUT2D eigenvalue weighted by molar-refractivity contribution is 7.89. The summed E-state index contributed by atoms with van der Waals surface area (Å²) in [5.74, 6) is 0.363. The van der Waals surface area contributed by atoms with Gasteiger partial charge in [-0.25, -0.2) is 18.1 Å². The molecule has 0 fully saturated rings. The van der Waals surface area contributed by atoms with E-state index in [1.54, 1.807) is 35.4 Å². The van der Waals surface area contributed by atoms with Crippen LogP contribution >= 0.6 is 0 Å². The Balaban J connectivity index is 2.06. The van der Waals surface area contributed by atoms with Gasteiger partial charge < -0.3 is 5.32 Å². The minimum atomic E-state index is -3.58. The summed E-state index contributed by atoms with van der Waals surface area (Å²) in [5.41, 5.74) is 0. The van der Waals surface area contributed by atoms with Gasteiger partial charge in [0.25, 0.3) is 0 Å². The van der Waals surface area contributed by atoms with Crippen molar-refractivity contribution in [2.45, 2.75) is 18.4 Å². The number of hydrogen-bond acceptors (Lipinski definition) is 5. The molecule has 0 radical (unpaired) electrons. The topological polar surface area (TPSA) is 88.9 Å². The highest BCUT2D eigenvalue weighted by atomic mass is 32.2. The van der Waals surface area contributed by atoms with E-state index in [-0.39, 0.29) is 11.4 Å². The molecule has 0 atom stereocenters. The van der Waals surface area contributed by atoms with Gasteiger partial charge in [-0.3, -0.25) is 4.68 Å². The van der Waals surface area contributed by atoms with Crippen molar-refractivity contribution in [3.05, 3.63) is 36.8 Å². The monoisotopic (exact) mass is 295 g/mol. The van der Waals surface area contributed by atoms with Crippen LogP contribution < -0.4 is 10.0 Å². The normalized spacial score (nSPS) is 11.4. The largest absolute Gasteiger partial charge is 0.369 e. The zero-order chi connectivity index (χ0) is 14.4. The highest BCUT2D eigenvalue weighted by Crippen LogP contribution is 2.17. The first-order chi connectivity index (χ1) is 9.63. The summed E-state index contributed by atoms with van der Waals surface area (Å²) in [7, 11) is -3.58. The Bertz CT molecular complexity index is 640. The average Bonchev–Trinajstić information content (AvgIpc) is 2.92. The third-order valence-electron chi connectivity index (χ3n) is 2.60. The van der Waals surface area contributed by atoms with E-state index >= 15 is 0 Å². The molecule has 0 spiro atoms. The summed E-state index contributed by atoms with van der Waals surface area (Å²) in [5, 5.41) is 6.95. The molecule has 0 saturated carbocycles. The molecular weight excluding hydrogens is 278 g/mol. The van der Waals surface area contributed by atoms with E-state index in [0.29, 0.717) is 18.9 Å². The molecule has 2 heterocycles. The van der Waals surface area contributed by atoms with Gasteiger partial charge in [-0.15, -0.1) is 0 Å². The molecule has 0 saturated heterocycles. The van der Waals surface area contributed by atoms with Crippen molar-refractivity contribution in [1.29, 1.82) is 0 Å². The van der Waals surface area contributed by atoms with Crippen LogP contribution in [0.3, 0.4) is 0 Å². The quantitative estimate of drug-likeness (QED) is 0.784. The lowest BCUT2D eigenvalue weighted by Crippen LogP contribution is -2.28. The van der Waals surface area contributed by atoms with Crippen molar-refractivity contribution in [3.8, 4) is 0 Å². The van der Waals surface area contributed by atoms with E-state index in [9.17, 15) is 8.42 Å². The third-order valence-corrected chi connectivity index (χ3v) is 4.09. The molecule has 2 aromatic heterocycles. The lowest BCUT2D eigenvalue weighted by Gasteiger charge is -2.11. The maximum absolute atomic E-state index is 12.2. The van der Waals surface area contributed by atoms with E-state index in [2.05, 4.69) is 20.1 Å². The van der Waals surface area contributed by atoms with E-state index in [4.69, 9.17) is 0 Å². The standard InChI is InChI=1S/C12H17N5O2S/c1-2-13-12-11(5-3-6-14-12)20(18,19)16-8-10-17-9-4-7-15-17/h3-7,9,16H,2,8,10H2,1H3,(H,13,14). The molecule has 0 unspecified atom stereocenters. The fourth-order valence-electron chi connectivity index (χ4n) is 1.71. The van der Waals surface area contributed by atoms with Crippen LogP contribution in [0.5, 0.6) is 0 Å². The molecule has 2 aromatic rings. The molecule has 0 amide bonds. The van der Waals surface area contributed by atoms with Gasteiger partial charge in [0, 0.05) is 31.7 Å². The van der Waals surface area contributed by atoms with Crippen molar-refractivity contribution >= 4 is 15.8 Å². The Labute approximate surface area is 118 Å². The second kappa shape index (κ2) is 6.49. The molecule has 0 aromatic carbocycles. The van der Waals surface area contributed by atoms with Gasteiger partial charge >= 0.3 is 0 Å². The summed E-state index contributed by atoms with van der Waals surface area (Å²) in [6.07, 6.45) is 4.99. The SMILES string of the molecule is CCNc1ncccc1S(=O)(=O)NCCn1cccn1. The van der Waals surface area contributed by atoms with Crippen LogP contribution in [0.1, 0.15) is 6.92 Å². The van der Waals surface area contributed by atoms with E-state index in [0.717, 1.165) is 0 Å². The molecular formula is C12H17N5O2S. The molecule has 0 aliphatic heterocycles. The molecule has 2 rings (SSSR count). The van der Waals surface area contributed by atoms with Gasteiger partial charge in [-0.2, -0.15) is 5.10 Å². The summed E-state index contributed by atoms with van der Waals surface area (Å²) in [6.45, 7) is 3.23. The van der Waals surface area contributed by atoms with Crippen molar-refractivity contribution in [1.82, 2.24) is 19.5 Å². The number of hydrogen-bond donors (Lipinski definition) is 2. The molecule has 2 N–H and O–H groups in total. The zero-order valence-electron chi connectivity index (χ0n) is 11.2. The van der Waals surface area contributed by atoms with E-state index in [1.807, 2.05) is 6.92 Å². The van der Waals surface area contributed by atoms with Gasteiger partial charge in [0.15, 0.2) is 0 Å². The first kappa shape index (κ1) is 14.5. The number of nitrogens with zero attached hydrogens (tertiary/aromatic N) is 3. The van der Waals surface area contributed by atoms with Crippen LogP contribution in [0.2, 0.25) is 0 Å². The van der Waals surface area contributed by atoms with Crippen LogP contribution in [-0.2, 0) is 16.6 Å². The minimum absolute atomic E-state index is 0.155. The molecule has 8 heteroatoms. The van der Waals surface area contributed by atoms with Crippen LogP contribution in [0.25, 0.3) is 0 Å². The first-order valence-corrected chi connectivity index (χ1v) is 7.78. The van der Waals surface area contributed by atoms with Gasteiger partial charge in [0.1, 0.15) is 10.7 Å². The zero-order valence-corrected chi connectivity index (χ0v) is 12.0. The van der Waals surface area contributed by atoms with Crippen LogP contribution in [-0.4, -0.2) is 36.3 Å². The second-order valence-corrected chi connectivity index (χ2v) is 5.78. The maximum atomic E-state index is 12.2. The Hall–Kier alpha value is -1.93. The van der Waals surface area contributed by atoms with Crippen molar-refractivity contribution < 1.29 is 8.42 Å². The Morgan fingerprint density at radius 2 is 2.15 bits per heavy atom. The fraction of sp³-hybridized carbons (Fsp3) is 0.333. The smallest absolute Gasteiger partial charge is 0.244 e. The Morgan fingerprint density at radius 1 is 1.30 bits per heavy atom. The van der Waals surface area contributed by atoms with Crippen molar-refractivity contribution in [2.24, 2.45) is 0 Å². The lowest BCUT2D eigenvalue weighted by atomic mass is 10.4. The predicted octanol–water partition coefficient (Wildman–Crippen LogP) is 0.688. The number of pyridine rings is 1. The first-order valence-electron chi connectivity index (χ1n) is 6.29. The summed E-state index contributed by atoms with van der Waals surface area (Å²) < 4.78 is 28.7. The van der Waals surface area contributed by atoms with Crippen molar-refractivity contribution in [2.75, 3.05) is 18.4 Å². The Kier molecular flexibility index (Phi) is 4.70. The fourth-order valence-corrected chi connectivity index (χ4v) is 2.87. The van der Waals surface area contributed by atoms with Gasteiger partial charge in [-0.05, 0) is 25.1 Å². The van der Waals surface area contributed by atoms with Crippen LogP contribution in [0.4, 0.5) is 5.82 Å². The average molecular weight is 295 g/mol. The third kappa shape index (κ3) is 3.55. The number of nitrogens with one attached hydrogen (secondary N) is 2. The summed E-state index contributed by atoms with van der Waals surface area (Å²) in [4.78, 5) is 4.20. The highest BCUT2D eigenvalue weighted by Gasteiger charge is 2.18. The molecule has 0 bridgehead atoms. The maximum Gasteiger partial charge on any atom is 0.244 e. The summed E-state index contributed by atoms with van der Waals surface area (Å²) in [6, 6.07) is 4.92. The van der Waals surface area contributed by atoms with E-state index in [1.165, 1.54) is 6.07 Å². The number of anilines is 1. The summed E-state index contributed by atoms with van der Waals surface area (Å²) >= 11 is 0. The van der Waals surface area contributed by atoms with E-state index < -0.39 is 10.0 Å². The van der Waals surface area contributed by atoms with Crippen molar-refractivity contribution in [3.63, 3.8) is 0 Å². The molecule has 0 aliphatic rings. The number of aromatic nitrogens is 3. The van der Waals surface area contributed by atoms with Crippen LogP contribution in [0.15, 0.2) is 41.7 Å². The van der Waals surface area contributed by atoms with Gasteiger partial charge in [-0.1, -0.05) is 0 Å². The van der Waals surface area contributed by atoms with Crippen LogP contribution in [0, 0.1) is 0 Å². The number of sulfonamides is 1. The van der Waals surface area contributed by atoms with Gasteiger partial charge in [0.2, 0.25) is 10.0 Å². The number of rotatable bonds is 7. The lowest BCUT2D eigenvalue weighted by molar-refractivity contribution is 0.561. The molecule has 7 nitrogen and oxygen atoms in total. The second-order valence-electron chi connectivity index (χ2n) is 4.05. The molecule has 108 valence electrons. The molecule has 20 heavy (non-hydrogen) atoms. The molecule has 0 aliphatic carbocycles. The van der Waals surface area contributed by atoms with Gasteiger partial charge in [0.05, 0.1) is 6.54 Å².